The van der Waals surface area contributed by atoms with Crippen LogP contribution in [0.25, 0.3) is 0 Å². The van der Waals surface area contributed by atoms with Gasteiger partial charge in [0.05, 0.1) is 11.1 Å². The van der Waals surface area contributed by atoms with Crippen molar-refractivity contribution in [2.75, 3.05) is 0 Å². The molecule has 0 aromatic heterocycles. The molecule has 0 aliphatic heterocycles. The van der Waals surface area contributed by atoms with Gasteiger partial charge in [-0.25, -0.2) is 8.78 Å². The van der Waals surface area contributed by atoms with Crippen molar-refractivity contribution in [1.82, 2.24) is 0 Å². The van der Waals surface area contributed by atoms with Gasteiger partial charge in [0.2, 0.25) is 0 Å². The number of aliphatic hydroxyl groups excluding tert-OH is 1. The second-order valence-corrected chi connectivity index (χ2v) is 4.94. The summed E-state index contributed by atoms with van der Waals surface area (Å²) in [4.78, 5) is 0. The lowest BCUT2D eigenvalue weighted by molar-refractivity contribution is 0.172. The molecule has 0 fully saturated rings. The summed E-state index contributed by atoms with van der Waals surface area (Å²) < 4.78 is 27.3. The van der Waals surface area contributed by atoms with E-state index in [9.17, 15) is 13.9 Å². The Balaban J connectivity index is 2.25. The minimum Gasteiger partial charge on any atom is -0.388 e. The summed E-state index contributed by atoms with van der Waals surface area (Å²) in [7, 11) is 0. The van der Waals surface area contributed by atoms with Crippen LogP contribution in [0.5, 0.6) is 0 Å². The fourth-order valence-corrected chi connectivity index (χ4v) is 2.12. The minimum atomic E-state index is -1.17. The Morgan fingerprint density at radius 2 is 1.84 bits per heavy atom. The zero-order chi connectivity index (χ0) is 14.0. The average molecular weight is 303 g/mol. The number of benzene rings is 2. The van der Waals surface area contributed by atoms with Gasteiger partial charge >= 0.3 is 0 Å². The lowest BCUT2D eigenvalue weighted by Crippen LogP contribution is -2.06. The van der Waals surface area contributed by atoms with E-state index in [1.54, 1.807) is 0 Å². The Morgan fingerprint density at radius 3 is 2.53 bits per heavy atom. The van der Waals surface area contributed by atoms with Gasteiger partial charge in [0.1, 0.15) is 11.6 Å². The van der Waals surface area contributed by atoms with Gasteiger partial charge in [-0.1, -0.05) is 41.4 Å². The Bertz CT molecular complexity index is 602. The van der Waals surface area contributed by atoms with Crippen LogP contribution >= 0.6 is 23.2 Å². The van der Waals surface area contributed by atoms with E-state index in [4.69, 9.17) is 23.2 Å². The van der Waals surface area contributed by atoms with E-state index < -0.39 is 17.7 Å². The van der Waals surface area contributed by atoms with Crippen LogP contribution in [-0.4, -0.2) is 5.11 Å². The van der Waals surface area contributed by atoms with Crippen molar-refractivity contribution in [2.45, 2.75) is 12.5 Å². The fraction of sp³-hybridized carbons (Fsp3) is 0.143. The third-order valence-corrected chi connectivity index (χ3v) is 3.30. The van der Waals surface area contributed by atoms with Crippen LogP contribution in [0.15, 0.2) is 36.4 Å². The number of halogens is 4. The van der Waals surface area contributed by atoms with Gasteiger partial charge in [0, 0.05) is 17.0 Å². The summed E-state index contributed by atoms with van der Waals surface area (Å²) in [6.45, 7) is 0. The molecule has 0 radical (unpaired) electrons. The molecule has 0 aliphatic carbocycles. The van der Waals surface area contributed by atoms with Crippen LogP contribution in [0.4, 0.5) is 8.78 Å². The summed E-state index contributed by atoms with van der Waals surface area (Å²) in [6, 6.07) is 8.46. The summed E-state index contributed by atoms with van der Waals surface area (Å²) in [6.07, 6.45) is -1.23. The normalized spacial score (nSPS) is 12.5. The first-order valence-corrected chi connectivity index (χ1v) is 6.30. The van der Waals surface area contributed by atoms with Crippen LogP contribution in [0.2, 0.25) is 10.0 Å². The molecule has 1 nitrogen and oxygen atoms in total. The van der Waals surface area contributed by atoms with Crippen LogP contribution in [0.1, 0.15) is 17.2 Å². The molecule has 2 aromatic carbocycles. The Kier molecular flexibility index (Phi) is 4.40. The van der Waals surface area contributed by atoms with E-state index in [0.29, 0.717) is 0 Å². The highest BCUT2D eigenvalue weighted by atomic mass is 35.5. The minimum absolute atomic E-state index is 0.0434. The lowest BCUT2D eigenvalue weighted by Gasteiger charge is -2.13. The SMILES string of the molecule is OC(Cc1ccc(Cl)cc1F)c1cccc(Cl)c1F. The first-order chi connectivity index (χ1) is 8.99. The largest absolute Gasteiger partial charge is 0.388 e. The van der Waals surface area contributed by atoms with Gasteiger partial charge in [-0.2, -0.15) is 0 Å². The van der Waals surface area contributed by atoms with Crippen molar-refractivity contribution in [2.24, 2.45) is 0 Å². The molecule has 100 valence electrons. The highest BCUT2D eigenvalue weighted by molar-refractivity contribution is 6.31. The summed E-state index contributed by atoms with van der Waals surface area (Å²) in [5.74, 6) is -1.22. The molecular weight excluding hydrogens is 293 g/mol. The van der Waals surface area contributed by atoms with Crippen molar-refractivity contribution in [3.63, 3.8) is 0 Å². The molecule has 2 rings (SSSR count). The molecule has 0 saturated carbocycles. The first kappa shape index (κ1) is 14.3. The molecule has 1 unspecified atom stereocenters. The van der Waals surface area contributed by atoms with Crippen molar-refractivity contribution < 1.29 is 13.9 Å². The lowest BCUT2D eigenvalue weighted by atomic mass is 10.0. The highest BCUT2D eigenvalue weighted by Gasteiger charge is 2.17. The summed E-state index contributed by atoms with van der Waals surface area (Å²) >= 11 is 11.3. The Morgan fingerprint density at radius 1 is 1.11 bits per heavy atom. The quantitative estimate of drug-likeness (QED) is 0.882. The maximum atomic E-state index is 13.7. The molecule has 0 amide bonds. The van der Waals surface area contributed by atoms with E-state index in [2.05, 4.69) is 0 Å². The molecule has 0 heterocycles. The Hall–Kier alpha value is -1.16. The molecule has 2 aromatic rings. The number of hydrogen-bond acceptors (Lipinski definition) is 1. The number of aliphatic hydroxyl groups is 1. The Labute approximate surface area is 119 Å². The molecule has 0 aliphatic rings. The zero-order valence-corrected chi connectivity index (χ0v) is 11.2. The molecule has 1 N–H and O–H groups in total. The van der Waals surface area contributed by atoms with Crippen LogP contribution in [0.3, 0.4) is 0 Å². The fourth-order valence-electron chi connectivity index (χ4n) is 1.78. The van der Waals surface area contributed by atoms with Gasteiger partial charge in [0.15, 0.2) is 0 Å². The average Bonchev–Trinajstić information content (AvgIpc) is 2.36. The number of hydrogen-bond donors (Lipinski definition) is 1. The predicted octanol–water partition coefficient (Wildman–Crippen LogP) is 4.55. The maximum absolute atomic E-state index is 13.7. The van der Waals surface area contributed by atoms with Crippen molar-refractivity contribution in [3.05, 3.63) is 69.2 Å². The molecule has 0 saturated heterocycles. The standard InChI is InChI=1S/C14H10Cl2F2O/c15-9-5-4-8(12(17)7-9)6-13(19)10-2-1-3-11(16)14(10)18/h1-5,7,13,19H,6H2. The van der Waals surface area contributed by atoms with Crippen molar-refractivity contribution in [1.29, 1.82) is 0 Å². The maximum Gasteiger partial charge on any atom is 0.147 e. The third-order valence-electron chi connectivity index (χ3n) is 2.77. The van der Waals surface area contributed by atoms with Gasteiger partial charge in [-0.05, 0) is 23.8 Å². The van der Waals surface area contributed by atoms with Gasteiger partial charge in [-0.3, -0.25) is 0 Å². The first-order valence-electron chi connectivity index (χ1n) is 5.55. The zero-order valence-electron chi connectivity index (χ0n) is 9.71. The topological polar surface area (TPSA) is 20.2 Å². The van der Waals surface area contributed by atoms with Gasteiger partial charge < -0.3 is 5.11 Å². The van der Waals surface area contributed by atoms with E-state index >= 15 is 0 Å². The molecule has 0 bridgehead atoms. The molecule has 19 heavy (non-hydrogen) atoms. The van der Waals surface area contributed by atoms with E-state index in [1.807, 2.05) is 0 Å². The monoisotopic (exact) mass is 302 g/mol. The van der Waals surface area contributed by atoms with Crippen LogP contribution in [-0.2, 0) is 6.42 Å². The second-order valence-electron chi connectivity index (χ2n) is 4.10. The predicted molar refractivity (Wildman–Crippen MR) is 71.5 cm³/mol. The second kappa shape index (κ2) is 5.87. The molecule has 1 atom stereocenters. The van der Waals surface area contributed by atoms with Gasteiger partial charge in [-0.15, -0.1) is 0 Å². The smallest absolute Gasteiger partial charge is 0.147 e. The molecular formula is C14H10Cl2F2O. The highest BCUT2D eigenvalue weighted by Crippen LogP contribution is 2.27. The van der Waals surface area contributed by atoms with E-state index in [1.165, 1.54) is 30.3 Å². The third kappa shape index (κ3) is 3.24. The van der Waals surface area contributed by atoms with Crippen LogP contribution in [0, 0.1) is 11.6 Å². The summed E-state index contributed by atoms with van der Waals surface area (Å²) in [5.41, 5.74) is 0.304. The van der Waals surface area contributed by atoms with Crippen LogP contribution < -0.4 is 0 Å². The van der Waals surface area contributed by atoms with Crippen molar-refractivity contribution in [3.8, 4) is 0 Å². The van der Waals surface area contributed by atoms with E-state index in [0.717, 1.165) is 6.07 Å². The number of rotatable bonds is 3. The molecule has 5 heteroatoms. The molecule has 0 spiro atoms. The van der Waals surface area contributed by atoms with Gasteiger partial charge in [0.25, 0.3) is 0 Å². The summed E-state index contributed by atoms with van der Waals surface area (Å²) in [5, 5.41) is 10.2. The van der Waals surface area contributed by atoms with E-state index in [-0.39, 0.29) is 27.6 Å². The van der Waals surface area contributed by atoms with Crippen molar-refractivity contribution >= 4 is 23.2 Å².